The Morgan fingerprint density at radius 1 is 1.18 bits per heavy atom. The second-order valence-corrected chi connectivity index (χ2v) is 6.56. The highest BCUT2D eigenvalue weighted by Gasteiger charge is 2.34. The minimum absolute atomic E-state index is 0. The highest BCUT2D eigenvalue weighted by Crippen LogP contribution is 2.35. The fourth-order valence-electron chi connectivity index (χ4n) is 3.48. The van der Waals surface area contributed by atoms with E-state index in [9.17, 15) is 4.79 Å². The van der Waals surface area contributed by atoms with Crippen molar-refractivity contribution in [1.29, 1.82) is 0 Å². The van der Waals surface area contributed by atoms with Crippen LogP contribution in [-0.2, 0) is 18.4 Å². The van der Waals surface area contributed by atoms with Crippen LogP contribution in [0.5, 0.6) is 17.2 Å². The van der Waals surface area contributed by atoms with Crippen LogP contribution in [0, 0.1) is 5.92 Å². The molecule has 154 valence electrons. The lowest BCUT2D eigenvalue weighted by molar-refractivity contribution is -0.125. The number of nitrogens with one attached hydrogen (secondary N) is 2. The van der Waals surface area contributed by atoms with Crippen molar-refractivity contribution in [2.24, 2.45) is 13.0 Å². The zero-order valence-corrected chi connectivity index (χ0v) is 17.3. The minimum Gasteiger partial charge on any atom is -0.496 e. The van der Waals surface area contributed by atoms with Gasteiger partial charge >= 0.3 is 0 Å². The van der Waals surface area contributed by atoms with Gasteiger partial charge in [-0.3, -0.25) is 9.48 Å². The zero-order valence-electron chi connectivity index (χ0n) is 16.5. The van der Waals surface area contributed by atoms with Gasteiger partial charge in [-0.25, -0.2) is 0 Å². The molecule has 0 unspecified atom stereocenters. The number of carbonyl (C=O) groups excluding carboxylic acids is 1. The number of ether oxygens (including phenoxy) is 3. The van der Waals surface area contributed by atoms with Crippen molar-refractivity contribution in [3.8, 4) is 17.2 Å². The van der Waals surface area contributed by atoms with Gasteiger partial charge in [0.1, 0.15) is 5.75 Å². The van der Waals surface area contributed by atoms with Crippen molar-refractivity contribution < 1.29 is 19.0 Å². The molecule has 0 saturated carbocycles. The highest BCUT2D eigenvalue weighted by molar-refractivity contribution is 5.85. The first-order valence-electron chi connectivity index (χ1n) is 8.83. The molecule has 8 nitrogen and oxygen atoms in total. The molecule has 28 heavy (non-hydrogen) atoms. The van der Waals surface area contributed by atoms with E-state index < -0.39 is 0 Å². The third-order valence-corrected chi connectivity index (χ3v) is 4.94. The van der Waals surface area contributed by atoms with Crippen molar-refractivity contribution in [3.05, 3.63) is 35.7 Å². The van der Waals surface area contributed by atoms with E-state index >= 15 is 0 Å². The third kappa shape index (κ3) is 4.51. The fraction of sp³-hybridized carbons (Fsp3) is 0.474. The molecule has 9 heteroatoms. The smallest absolute Gasteiger partial charge is 0.225 e. The summed E-state index contributed by atoms with van der Waals surface area (Å²) in [4.78, 5) is 12.8. The van der Waals surface area contributed by atoms with E-state index in [1.807, 2.05) is 25.5 Å². The second-order valence-electron chi connectivity index (χ2n) is 6.56. The monoisotopic (exact) mass is 410 g/mol. The Morgan fingerprint density at radius 3 is 2.46 bits per heavy atom. The Balaban J connectivity index is 0.00000280. The average Bonchev–Trinajstić information content (AvgIpc) is 3.33. The largest absolute Gasteiger partial charge is 0.496 e. The molecule has 1 aliphatic heterocycles. The number of carbonyl (C=O) groups is 1. The maximum absolute atomic E-state index is 12.8. The van der Waals surface area contributed by atoms with Crippen LogP contribution in [0.3, 0.4) is 0 Å². The van der Waals surface area contributed by atoms with Gasteiger partial charge in [-0.2, -0.15) is 5.10 Å². The number of hydrogen-bond acceptors (Lipinski definition) is 6. The van der Waals surface area contributed by atoms with E-state index in [-0.39, 0.29) is 30.2 Å². The molecular formula is C19H27ClN4O4. The van der Waals surface area contributed by atoms with E-state index in [1.54, 1.807) is 32.1 Å². The average molecular weight is 411 g/mol. The lowest BCUT2D eigenvalue weighted by Gasteiger charge is -2.18. The molecule has 2 aromatic rings. The Bertz CT molecular complexity index is 811. The van der Waals surface area contributed by atoms with E-state index in [1.165, 1.54) is 0 Å². The van der Waals surface area contributed by atoms with Gasteiger partial charge in [0, 0.05) is 50.4 Å². The van der Waals surface area contributed by atoms with Gasteiger partial charge in [-0.1, -0.05) is 0 Å². The van der Waals surface area contributed by atoms with E-state index in [0.29, 0.717) is 30.3 Å². The summed E-state index contributed by atoms with van der Waals surface area (Å²) in [5, 5.41) is 10.6. The maximum Gasteiger partial charge on any atom is 0.225 e. The van der Waals surface area contributed by atoms with Gasteiger partial charge in [0.25, 0.3) is 0 Å². The van der Waals surface area contributed by atoms with Crippen LogP contribution in [0.1, 0.15) is 17.0 Å². The molecule has 1 amide bonds. The number of halogens is 1. The van der Waals surface area contributed by atoms with Crippen LogP contribution in [0.4, 0.5) is 0 Å². The van der Waals surface area contributed by atoms with Crippen molar-refractivity contribution in [2.75, 3.05) is 34.4 Å². The summed E-state index contributed by atoms with van der Waals surface area (Å²) in [6.45, 7) is 1.76. The molecule has 1 saturated heterocycles. The Labute approximate surface area is 170 Å². The number of methoxy groups -OCH3 is 3. The van der Waals surface area contributed by atoms with Crippen LogP contribution in [0.15, 0.2) is 24.5 Å². The molecule has 2 atom stereocenters. The molecule has 2 N–H and O–H groups in total. The molecule has 1 aliphatic rings. The molecule has 0 radical (unpaired) electrons. The summed E-state index contributed by atoms with van der Waals surface area (Å²) in [6, 6.07) is 3.58. The van der Waals surface area contributed by atoms with Gasteiger partial charge in [0.05, 0.1) is 33.4 Å². The first kappa shape index (κ1) is 21.8. The van der Waals surface area contributed by atoms with Crippen LogP contribution in [0.2, 0.25) is 0 Å². The van der Waals surface area contributed by atoms with Crippen molar-refractivity contribution in [1.82, 2.24) is 20.4 Å². The predicted octanol–water partition coefficient (Wildman–Crippen LogP) is 1.49. The third-order valence-electron chi connectivity index (χ3n) is 4.94. The summed E-state index contributed by atoms with van der Waals surface area (Å²) in [5.41, 5.74) is 1.90. The first-order chi connectivity index (χ1) is 13.1. The van der Waals surface area contributed by atoms with Gasteiger partial charge in [0.2, 0.25) is 5.91 Å². The fourth-order valence-corrected chi connectivity index (χ4v) is 3.48. The Morgan fingerprint density at radius 2 is 1.86 bits per heavy atom. The summed E-state index contributed by atoms with van der Waals surface area (Å²) in [5.74, 6) is 1.80. The maximum atomic E-state index is 12.8. The van der Waals surface area contributed by atoms with Gasteiger partial charge in [-0.05, 0) is 11.6 Å². The highest BCUT2D eigenvalue weighted by atomic mass is 35.5. The lowest BCUT2D eigenvalue weighted by Crippen LogP contribution is -2.34. The van der Waals surface area contributed by atoms with Gasteiger partial charge in [0.15, 0.2) is 11.5 Å². The number of aromatic nitrogens is 2. The molecule has 0 spiro atoms. The minimum atomic E-state index is -0.139. The quantitative estimate of drug-likeness (QED) is 0.719. The topological polar surface area (TPSA) is 86.6 Å². The zero-order chi connectivity index (χ0) is 19.4. The molecule has 0 bridgehead atoms. The van der Waals surface area contributed by atoms with E-state index in [0.717, 1.165) is 17.7 Å². The van der Waals surface area contributed by atoms with E-state index in [4.69, 9.17) is 14.2 Å². The van der Waals surface area contributed by atoms with Crippen molar-refractivity contribution in [3.63, 3.8) is 0 Å². The molecule has 0 aliphatic carbocycles. The Kier molecular flexibility index (Phi) is 7.53. The van der Waals surface area contributed by atoms with Gasteiger partial charge < -0.3 is 24.8 Å². The number of amides is 1. The standard InChI is InChI=1S/C19H26N4O4.ClH/c1-23-11-13(8-22-23)14-9-20-10-15(14)19(24)21-7-12-5-17(26-3)18(27-4)6-16(12)25-2;/h5-6,8,11,14-15,20H,7,9-10H2,1-4H3,(H,21,24);1H/t14-,15+;/m1./s1. The SMILES string of the molecule is COc1cc(OC)c(OC)cc1CNC(=O)[C@H]1CNC[C@@H]1c1cnn(C)c1.Cl. The molecule has 1 aromatic heterocycles. The van der Waals surface area contributed by atoms with Crippen LogP contribution < -0.4 is 24.8 Å². The molecule has 3 rings (SSSR count). The number of benzene rings is 1. The lowest BCUT2D eigenvalue weighted by atomic mass is 9.90. The first-order valence-corrected chi connectivity index (χ1v) is 8.83. The molecule has 2 heterocycles. The number of hydrogen-bond donors (Lipinski definition) is 2. The molecule has 1 aromatic carbocycles. The summed E-state index contributed by atoms with van der Waals surface area (Å²) in [7, 11) is 6.62. The van der Waals surface area contributed by atoms with Crippen LogP contribution >= 0.6 is 12.4 Å². The normalized spacial score (nSPS) is 18.3. The second kappa shape index (κ2) is 9.66. The molecular weight excluding hydrogens is 384 g/mol. The summed E-state index contributed by atoms with van der Waals surface area (Å²) in [6.07, 6.45) is 3.80. The Hall–Kier alpha value is -2.45. The number of rotatable bonds is 7. The van der Waals surface area contributed by atoms with Gasteiger partial charge in [-0.15, -0.1) is 12.4 Å². The number of nitrogens with zero attached hydrogens (tertiary/aromatic N) is 2. The van der Waals surface area contributed by atoms with Crippen molar-refractivity contribution in [2.45, 2.75) is 12.5 Å². The van der Waals surface area contributed by atoms with Crippen LogP contribution in [0.25, 0.3) is 0 Å². The van der Waals surface area contributed by atoms with Crippen LogP contribution in [-0.4, -0.2) is 50.1 Å². The molecule has 1 fully saturated rings. The number of aryl methyl sites for hydroxylation is 1. The summed E-state index contributed by atoms with van der Waals surface area (Å²) < 4.78 is 17.8. The summed E-state index contributed by atoms with van der Waals surface area (Å²) >= 11 is 0. The van der Waals surface area contributed by atoms with E-state index in [2.05, 4.69) is 15.7 Å². The van der Waals surface area contributed by atoms with Crippen molar-refractivity contribution >= 4 is 18.3 Å². The predicted molar refractivity (Wildman–Crippen MR) is 108 cm³/mol.